The first-order valence-electron chi connectivity index (χ1n) is 11.2. The Labute approximate surface area is 144 Å². The Morgan fingerprint density at radius 3 is 2.26 bits per heavy atom. The summed E-state index contributed by atoms with van der Waals surface area (Å²) in [5, 5.41) is 0. The number of hydrogen-bond donors (Lipinski definition) is 0. The highest BCUT2D eigenvalue weighted by Crippen LogP contribution is 2.65. The monoisotopic (exact) mass is 314 g/mol. The summed E-state index contributed by atoms with van der Waals surface area (Å²) >= 11 is 0. The van der Waals surface area contributed by atoms with E-state index in [9.17, 15) is 0 Å². The maximum absolute atomic E-state index is 2.75. The smallest absolute Gasteiger partial charge is 0.0266 e. The van der Waals surface area contributed by atoms with E-state index in [2.05, 4.69) is 13.8 Å². The summed E-state index contributed by atoms with van der Waals surface area (Å²) in [4.78, 5) is 0. The Morgan fingerprint density at radius 2 is 1.48 bits per heavy atom. The Kier molecular flexibility index (Phi) is 3.65. The van der Waals surface area contributed by atoms with E-state index in [1.807, 2.05) is 0 Å². The van der Waals surface area contributed by atoms with Gasteiger partial charge in [0.25, 0.3) is 0 Å². The van der Waals surface area contributed by atoms with Crippen molar-refractivity contribution in [2.24, 2.45) is 52.8 Å². The zero-order valence-electron chi connectivity index (χ0n) is 15.6. The van der Waals surface area contributed by atoms with E-state index >= 15 is 0 Å². The normalized spacial score (nSPS) is 56.3. The molecule has 0 heterocycles. The fourth-order valence-electron chi connectivity index (χ4n) is 8.58. The molecule has 0 heteroatoms. The summed E-state index contributed by atoms with van der Waals surface area (Å²) in [6.07, 6.45) is 19.0. The molecule has 5 saturated carbocycles. The third kappa shape index (κ3) is 2.22. The summed E-state index contributed by atoms with van der Waals surface area (Å²) in [5.41, 5.74) is 0.736. The van der Waals surface area contributed by atoms with E-state index in [0.29, 0.717) is 0 Å². The first kappa shape index (κ1) is 15.3. The van der Waals surface area contributed by atoms with Crippen LogP contribution in [0.4, 0.5) is 0 Å². The molecule has 5 aliphatic rings. The molecule has 0 radical (unpaired) electrons. The van der Waals surface area contributed by atoms with E-state index < -0.39 is 0 Å². The lowest BCUT2D eigenvalue weighted by molar-refractivity contribution is -0.104. The lowest BCUT2D eigenvalue weighted by Crippen LogP contribution is -2.51. The highest BCUT2D eigenvalue weighted by Gasteiger charge is 2.56. The second kappa shape index (κ2) is 5.50. The van der Waals surface area contributed by atoms with Gasteiger partial charge in [-0.1, -0.05) is 39.5 Å². The predicted molar refractivity (Wildman–Crippen MR) is 97.1 cm³/mol. The van der Waals surface area contributed by atoms with Gasteiger partial charge in [0.15, 0.2) is 0 Å². The van der Waals surface area contributed by atoms with Crippen molar-refractivity contribution in [3.63, 3.8) is 0 Å². The van der Waals surface area contributed by atoms with Crippen LogP contribution in [0.15, 0.2) is 0 Å². The van der Waals surface area contributed by atoms with Crippen LogP contribution >= 0.6 is 0 Å². The van der Waals surface area contributed by atoms with Crippen molar-refractivity contribution in [3.05, 3.63) is 0 Å². The van der Waals surface area contributed by atoms with Crippen LogP contribution in [0.3, 0.4) is 0 Å². The standard InChI is InChI=1S/C23H38/c1-15-6-8-20-19(15)10-11-22-21(20)9-7-18-14-17(16-4-3-5-16)12-13-23(18,22)2/h15-22H,3-14H2,1-2H3/t15-,17-,18-,19?,20?,21?,22?,23-/m0/s1. The molecule has 130 valence electrons. The highest BCUT2D eigenvalue weighted by atomic mass is 14.6. The van der Waals surface area contributed by atoms with Gasteiger partial charge in [-0.15, -0.1) is 0 Å². The maximum atomic E-state index is 2.75. The average molecular weight is 315 g/mol. The zero-order chi connectivity index (χ0) is 15.6. The molecule has 0 aromatic rings. The largest absolute Gasteiger partial charge is 0.0622 e. The van der Waals surface area contributed by atoms with Gasteiger partial charge in [0.05, 0.1) is 0 Å². The highest BCUT2D eigenvalue weighted by molar-refractivity contribution is 5.05. The van der Waals surface area contributed by atoms with Gasteiger partial charge in [-0.05, 0) is 104 Å². The summed E-state index contributed by atoms with van der Waals surface area (Å²) in [6.45, 7) is 5.31. The van der Waals surface area contributed by atoms with Gasteiger partial charge >= 0.3 is 0 Å². The van der Waals surface area contributed by atoms with Gasteiger partial charge in [-0.3, -0.25) is 0 Å². The van der Waals surface area contributed by atoms with Crippen LogP contribution in [0.25, 0.3) is 0 Å². The topological polar surface area (TPSA) is 0 Å². The second-order valence-corrected chi connectivity index (χ2v) is 10.7. The van der Waals surface area contributed by atoms with Crippen molar-refractivity contribution < 1.29 is 0 Å². The minimum absolute atomic E-state index is 0.736. The third-order valence-corrected chi connectivity index (χ3v) is 10.2. The summed E-state index contributed by atoms with van der Waals surface area (Å²) in [5.74, 6) is 8.88. The maximum Gasteiger partial charge on any atom is -0.0266 e. The van der Waals surface area contributed by atoms with Crippen LogP contribution in [-0.2, 0) is 0 Å². The van der Waals surface area contributed by atoms with E-state index in [1.54, 1.807) is 70.6 Å². The average Bonchev–Trinajstić information content (AvgIpc) is 2.88. The van der Waals surface area contributed by atoms with Crippen LogP contribution in [-0.4, -0.2) is 0 Å². The minimum Gasteiger partial charge on any atom is -0.0622 e. The Morgan fingerprint density at radius 1 is 0.696 bits per heavy atom. The zero-order valence-corrected chi connectivity index (χ0v) is 15.6. The molecule has 0 saturated heterocycles. The van der Waals surface area contributed by atoms with Crippen molar-refractivity contribution in [1.29, 1.82) is 0 Å². The van der Waals surface area contributed by atoms with Gasteiger partial charge in [0, 0.05) is 0 Å². The lowest BCUT2D eigenvalue weighted by Gasteiger charge is -2.60. The molecule has 5 aliphatic carbocycles. The van der Waals surface area contributed by atoms with Crippen molar-refractivity contribution in [1.82, 2.24) is 0 Å². The molecule has 4 unspecified atom stereocenters. The van der Waals surface area contributed by atoms with Crippen LogP contribution in [0.5, 0.6) is 0 Å². The first-order valence-corrected chi connectivity index (χ1v) is 11.2. The minimum atomic E-state index is 0.736. The van der Waals surface area contributed by atoms with Crippen molar-refractivity contribution in [2.75, 3.05) is 0 Å². The molecule has 8 atom stereocenters. The molecule has 0 aromatic carbocycles. The molecular formula is C23H38. The Balaban J connectivity index is 1.35. The van der Waals surface area contributed by atoms with Gasteiger partial charge in [0.1, 0.15) is 0 Å². The van der Waals surface area contributed by atoms with Crippen LogP contribution in [0.2, 0.25) is 0 Å². The Hall–Kier alpha value is 0. The molecule has 5 rings (SSSR count). The SMILES string of the molecule is C[C@H]1CCC2C3CC[C@H]4C[C@@H](C5CCC5)CC[C@]4(C)C3CCC21. The molecule has 0 spiro atoms. The fourth-order valence-corrected chi connectivity index (χ4v) is 8.58. The second-order valence-electron chi connectivity index (χ2n) is 10.7. The van der Waals surface area contributed by atoms with Gasteiger partial charge in [-0.25, -0.2) is 0 Å². The predicted octanol–water partition coefficient (Wildman–Crippen LogP) is 6.69. The van der Waals surface area contributed by atoms with Gasteiger partial charge < -0.3 is 0 Å². The summed E-state index contributed by atoms with van der Waals surface area (Å²) < 4.78 is 0. The molecule has 0 aromatic heterocycles. The van der Waals surface area contributed by atoms with Crippen LogP contribution < -0.4 is 0 Å². The quantitative estimate of drug-likeness (QED) is 0.505. The molecule has 5 fully saturated rings. The van der Waals surface area contributed by atoms with E-state index in [4.69, 9.17) is 0 Å². The third-order valence-electron chi connectivity index (χ3n) is 10.2. The van der Waals surface area contributed by atoms with Crippen LogP contribution in [0.1, 0.15) is 90.9 Å². The molecule has 0 bridgehead atoms. The molecule has 0 nitrogen and oxygen atoms in total. The number of rotatable bonds is 1. The first-order chi connectivity index (χ1) is 11.2. The molecule has 0 amide bonds. The molecule has 0 N–H and O–H groups in total. The number of fused-ring (bicyclic) bond motifs is 5. The van der Waals surface area contributed by atoms with E-state index in [-0.39, 0.29) is 0 Å². The van der Waals surface area contributed by atoms with Crippen molar-refractivity contribution in [2.45, 2.75) is 90.9 Å². The fraction of sp³-hybridized carbons (Fsp3) is 1.00. The lowest BCUT2D eigenvalue weighted by atomic mass is 9.45. The van der Waals surface area contributed by atoms with Gasteiger partial charge in [-0.2, -0.15) is 0 Å². The molecular weight excluding hydrogens is 276 g/mol. The van der Waals surface area contributed by atoms with Crippen molar-refractivity contribution >= 4 is 0 Å². The van der Waals surface area contributed by atoms with E-state index in [0.717, 1.165) is 52.8 Å². The number of hydrogen-bond acceptors (Lipinski definition) is 0. The van der Waals surface area contributed by atoms with E-state index in [1.165, 1.54) is 6.42 Å². The Bertz CT molecular complexity index is 449. The van der Waals surface area contributed by atoms with Crippen LogP contribution in [0, 0.1) is 52.8 Å². The summed E-state index contributed by atoms with van der Waals surface area (Å²) in [6, 6.07) is 0. The summed E-state index contributed by atoms with van der Waals surface area (Å²) in [7, 11) is 0. The molecule has 23 heavy (non-hydrogen) atoms. The molecule has 0 aliphatic heterocycles. The van der Waals surface area contributed by atoms with Crippen molar-refractivity contribution in [3.8, 4) is 0 Å². The van der Waals surface area contributed by atoms with Gasteiger partial charge in [0.2, 0.25) is 0 Å².